The van der Waals surface area contributed by atoms with Gasteiger partial charge >= 0.3 is 0 Å². The third-order valence-electron chi connectivity index (χ3n) is 7.69. The lowest BCUT2D eigenvalue weighted by molar-refractivity contribution is 1.06. The van der Waals surface area contributed by atoms with Gasteiger partial charge in [0.05, 0.1) is 11.0 Å². The van der Waals surface area contributed by atoms with Gasteiger partial charge in [0.1, 0.15) is 0 Å². The van der Waals surface area contributed by atoms with E-state index in [9.17, 15) is 0 Å². The van der Waals surface area contributed by atoms with Gasteiger partial charge in [0.2, 0.25) is 0 Å². The Morgan fingerprint density at radius 3 is 1.87 bits per heavy atom. The van der Waals surface area contributed by atoms with Gasteiger partial charge in [-0.3, -0.25) is 9.97 Å². The normalized spacial score (nSPS) is 11.4. The summed E-state index contributed by atoms with van der Waals surface area (Å²) in [7, 11) is 0. The van der Waals surface area contributed by atoms with E-state index in [1.165, 1.54) is 44.2 Å². The first kappa shape index (κ1) is 23.3. The van der Waals surface area contributed by atoms with Crippen LogP contribution >= 0.6 is 0 Å². The number of hydrogen-bond acceptors (Lipinski definition) is 2. The van der Waals surface area contributed by atoms with Gasteiger partial charge in [-0.1, -0.05) is 110 Å². The maximum Gasteiger partial charge on any atom is 0.0974 e. The van der Waals surface area contributed by atoms with Crippen LogP contribution in [0.5, 0.6) is 0 Å². The van der Waals surface area contributed by atoms with Crippen molar-refractivity contribution < 1.29 is 0 Å². The van der Waals surface area contributed by atoms with E-state index in [4.69, 9.17) is 9.97 Å². The highest BCUT2D eigenvalue weighted by Gasteiger charge is 2.14. The van der Waals surface area contributed by atoms with Gasteiger partial charge in [-0.15, -0.1) is 0 Å². The molecule has 2 heteroatoms. The first-order valence-corrected chi connectivity index (χ1v) is 13.6. The molecule has 2 nitrogen and oxygen atoms in total. The fraction of sp³-hybridized carbons (Fsp3) is 0.0811. The molecule has 0 radical (unpaired) electrons. The van der Waals surface area contributed by atoms with Crippen LogP contribution in [0.1, 0.15) is 18.3 Å². The highest BCUT2D eigenvalue weighted by atomic mass is 14.8. The van der Waals surface area contributed by atoms with Crippen molar-refractivity contribution in [3.63, 3.8) is 0 Å². The monoisotopic (exact) mass is 500 g/mol. The molecule has 2 heterocycles. The van der Waals surface area contributed by atoms with Crippen molar-refractivity contribution >= 4 is 32.6 Å². The summed E-state index contributed by atoms with van der Waals surface area (Å²) in [6.07, 6.45) is 0.871. The highest BCUT2D eigenvalue weighted by Crippen LogP contribution is 2.38. The van der Waals surface area contributed by atoms with Gasteiger partial charge in [-0.25, -0.2) is 0 Å². The molecule has 5 aromatic carbocycles. The Kier molecular flexibility index (Phi) is 5.67. The van der Waals surface area contributed by atoms with Crippen LogP contribution in [0.4, 0.5) is 0 Å². The summed E-state index contributed by atoms with van der Waals surface area (Å²) < 4.78 is 0. The van der Waals surface area contributed by atoms with Gasteiger partial charge in [-0.05, 0) is 75.7 Å². The summed E-state index contributed by atoms with van der Waals surface area (Å²) in [6.45, 7) is 4.21. The molecule has 39 heavy (non-hydrogen) atoms. The van der Waals surface area contributed by atoms with Crippen LogP contribution in [-0.4, -0.2) is 9.97 Å². The Morgan fingerprint density at radius 2 is 1.13 bits per heavy atom. The number of rotatable bonds is 4. The lowest BCUT2D eigenvalue weighted by Gasteiger charge is -2.15. The van der Waals surface area contributed by atoms with Gasteiger partial charge < -0.3 is 0 Å². The molecule has 7 rings (SSSR count). The first-order chi connectivity index (χ1) is 19.2. The van der Waals surface area contributed by atoms with Crippen molar-refractivity contribution in [1.29, 1.82) is 0 Å². The largest absolute Gasteiger partial charge is 0.251 e. The number of aryl methyl sites for hydroxylation is 2. The maximum atomic E-state index is 5.05. The molecular formula is C37H28N2. The number of benzene rings is 5. The van der Waals surface area contributed by atoms with E-state index >= 15 is 0 Å². The smallest absolute Gasteiger partial charge is 0.0974 e. The van der Waals surface area contributed by atoms with Crippen molar-refractivity contribution in [3.8, 4) is 33.4 Å². The molecule has 0 saturated heterocycles. The maximum absolute atomic E-state index is 5.05. The van der Waals surface area contributed by atoms with Crippen molar-refractivity contribution in [2.24, 2.45) is 0 Å². The molecule has 0 atom stereocenters. The number of fused-ring (bicyclic) bond motifs is 4. The topological polar surface area (TPSA) is 25.8 Å². The van der Waals surface area contributed by atoms with Crippen LogP contribution in [0.15, 0.2) is 121 Å². The van der Waals surface area contributed by atoms with Crippen molar-refractivity contribution in [2.45, 2.75) is 20.3 Å². The fourth-order valence-corrected chi connectivity index (χ4v) is 5.72. The second kappa shape index (κ2) is 9.49. The van der Waals surface area contributed by atoms with Crippen LogP contribution in [0.2, 0.25) is 0 Å². The van der Waals surface area contributed by atoms with Gasteiger partial charge in [0.25, 0.3) is 0 Å². The minimum absolute atomic E-state index is 0.871. The summed E-state index contributed by atoms with van der Waals surface area (Å²) >= 11 is 0. The number of hydrogen-bond donors (Lipinski definition) is 0. The predicted octanol–water partition coefficient (Wildman–Crippen LogP) is 9.81. The average molecular weight is 501 g/mol. The fourth-order valence-electron chi connectivity index (χ4n) is 5.72. The second-order valence-electron chi connectivity index (χ2n) is 10.2. The average Bonchev–Trinajstić information content (AvgIpc) is 3.00. The number of nitrogens with zero attached hydrogens (tertiary/aromatic N) is 2. The summed E-state index contributed by atoms with van der Waals surface area (Å²) in [5.41, 5.74) is 11.4. The van der Waals surface area contributed by atoms with Crippen LogP contribution in [-0.2, 0) is 6.42 Å². The molecule has 0 N–H and O–H groups in total. The minimum atomic E-state index is 0.871. The second-order valence-corrected chi connectivity index (χ2v) is 10.2. The summed E-state index contributed by atoms with van der Waals surface area (Å²) in [5.74, 6) is 0. The molecular weight excluding hydrogens is 472 g/mol. The van der Waals surface area contributed by atoms with Gasteiger partial charge in [0.15, 0.2) is 0 Å². The van der Waals surface area contributed by atoms with E-state index < -0.39 is 0 Å². The van der Waals surface area contributed by atoms with Gasteiger partial charge in [0, 0.05) is 22.2 Å². The lowest BCUT2D eigenvalue weighted by Crippen LogP contribution is -1.95. The third-order valence-corrected chi connectivity index (χ3v) is 7.69. The van der Waals surface area contributed by atoms with Crippen molar-refractivity contribution in [3.05, 3.63) is 133 Å². The number of pyridine rings is 2. The summed E-state index contributed by atoms with van der Waals surface area (Å²) in [5, 5.41) is 4.79. The van der Waals surface area contributed by atoms with Crippen LogP contribution in [0.25, 0.3) is 66.0 Å². The van der Waals surface area contributed by atoms with Crippen molar-refractivity contribution in [2.75, 3.05) is 0 Å². The zero-order valence-corrected chi connectivity index (χ0v) is 22.1. The minimum Gasteiger partial charge on any atom is -0.251 e. The lowest BCUT2D eigenvalue weighted by atomic mass is 9.90. The third kappa shape index (κ3) is 4.06. The zero-order chi connectivity index (χ0) is 26.3. The molecule has 7 aromatic rings. The molecule has 0 bridgehead atoms. The van der Waals surface area contributed by atoms with E-state index in [-0.39, 0.29) is 0 Å². The molecule has 0 aliphatic heterocycles. The Bertz CT molecular complexity index is 2000. The van der Waals surface area contributed by atoms with E-state index in [0.717, 1.165) is 39.6 Å². The Labute approximate surface area is 228 Å². The molecule has 186 valence electrons. The Morgan fingerprint density at radius 1 is 0.487 bits per heavy atom. The zero-order valence-electron chi connectivity index (χ0n) is 22.1. The van der Waals surface area contributed by atoms with E-state index in [0.29, 0.717) is 0 Å². The molecule has 0 aliphatic carbocycles. The molecule has 0 spiro atoms. The van der Waals surface area contributed by atoms with Crippen molar-refractivity contribution in [1.82, 2.24) is 9.97 Å². The predicted molar refractivity (Wildman–Crippen MR) is 165 cm³/mol. The van der Waals surface area contributed by atoms with E-state index in [1.54, 1.807) is 0 Å². The Balaban J connectivity index is 1.43. The van der Waals surface area contributed by atoms with Crippen LogP contribution < -0.4 is 0 Å². The van der Waals surface area contributed by atoms with Gasteiger partial charge in [-0.2, -0.15) is 0 Å². The van der Waals surface area contributed by atoms with E-state index in [1.807, 2.05) is 6.92 Å². The standard InChI is InChI=1S/C37H28N2/c1-3-29-23-35(34-19-18-26-17-16-24(2)38-36(26)37(34)39-29)28-13-9-12-27(22-28)31-21-20-30(25-10-5-4-6-11-25)32-14-7-8-15-33(31)32/h4-23H,3H2,1-2H3. The molecule has 0 fully saturated rings. The quantitative estimate of drug-likeness (QED) is 0.225. The Hall–Kier alpha value is -4.82. The molecule has 0 unspecified atom stereocenters. The summed E-state index contributed by atoms with van der Waals surface area (Å²) in [4.78, 5) is 9.93. The molecule has 0 saturated carbocycles. The van der Waals surface area contributed by atoms with Crippen LogP contribution in [0, 0.1) is 6.92 Å². The van der Waals surface area contributed by atoms with E-state index in [2.05, 4.69) is 128 Å². The molecule has 0 aliphatic rings. The first-order valence-electron chi connectivity index (χ1n) is 13.6. The number of aromatic nitrogens is 2. The summed E-state index contributed by atoms with van der Waals surface area (Å²) in [6, 6.07) is 43.7. The molecule has 2 aromatic heterocycles. The highest BCUT2D eigenvalue weighted by molar-refractivity contribution is 6.09. The SMILES string of the molecule is CCc1cc(-c2cccc(-c3ccc(-c4ccccc4)c4ccccc34)c2)c2ccc3ccc(C)nc3c2n1. The van der Waals surface area contributed by atoms with Crippen LogP contribution in [0.3, 0.4) is 0 Å². The molecule has 0 amide bonds.